The lowest BCUT2D eigenvalue weighted by molar-refractivity contribution is -0.124. The number of nitrogens with one attached hydrogen (secondary N) is 2. The van der Waals surface area contributed by atoms with Crippen LogP contribution in [0.4, 0.5) is 0 Å². The van der Waals surface area contributed by atoms with Crippen molar-refractivity contribution in [3.63, 3.8) is 0 Å². The molecule has 0 bridgehead atoms. The van der Waals surface area contributed by atoms with Gasteiger partial charge in [0.15, 0.2) is 0 Å². The standard InChI is InChI=1S/C16H22N2O2/c19-16(14-7-3-4-10-17-14)18-13-8-5-11-20-15-9-2-1-6-12(13)15/h1-2,6,9,13-14,17H,3-5,7-8,10-11H2,(H,18,19). The van der Waals surface area contributed by atoms with E-state index < -0.39 is 0 Å². The van der Waals surface area contributed by atoms with Crippen LogP contribution in [0.3, 0.4) is 0 Å². The van der Waals surface area contributed by atoms with E-state index in [9.17, 15) is 4.79 Å². The van der Waals surface area contributed by atoms with Crippen LogP contribution >= 0.6 is 0 Å². The molecule has 0 spiro atoms. The van der Waals surface area contributed by atoms with Gasteiger partial charge in [0, 0.05) is 5.56 Å². The first kappa shape index (κ1) is 13.4. The molecule has 2 aliphatic heterocycles. The minimum absolute atomic E-state index is 0.0277. The van der Waals surface area contributed by atoms with E-state index in [4.69, 9.17) is 4.74 Å². The van der Waals surface area contributed by atoms with E-state index in [0.717, 1.165) is 50.1 Å². The summed E-state index contributed by atoms with van der Waals surface area (Å²) in [4.78, 5) is 12.4. The topological polar surface area (TPSA) is 50.4 Å². The molecular formula is C16H22N2O2. The van der Waals surface area contributed by atoms with E-state index >= 15 is 0 Å². The van der Waals surface area contributed by atoms with Gasteiger partial charge in [0.2, 0.25) is 5.91 Å². The number of para-hydroxylation sites is 1. The second kappa shape index (κ2) is 6.27. The summed E-state index contributed by atoms with van der Waals surface area (Å²) in [6.45, 7) is 1.67. The van der Waals surface area contributed by atoms with E-state index in [-0.39, 0.29) is 18.0 Å². The maximum atomic E-state index is 12.4. The second-order valence-electron chi connectivity index (χ2n) is 5.59. The molecule has 108 valence electrons. The van der Waals surface area contributed by atoms with Crippen molar-refractivity contribution in [3.05, 3.63) is 29.8 Å². The molecule has 2 atom stereocenters. The Morgan fingerprint density at radius 1 is 1.20 bits per heavy atom. The van der Waals surface area contributed by atoms with Crippen molar-refractivity contribution in [1.82, 2.24) is 10.6 Å². The first-order valence-corrected chi connectivity index (χ1v) is 7.60. The third-order valence-corrected chi connectivity index (χ3v) is 4.13. The quantitative estimate of drug-likeness (QED) is 0.869. The molecule has 0 saturated carbocycles. The van der Waals surface area contributed by atoms with Crippen molar-refractivity contribution in [2.75, 3.05) is 13.2 Å². The van der Waals surface area contributed by atoms with Crippen LogP contribution in [-0.2, 0) is 4.79 Å². The number of amides is 1. The van der Waals surface area contributed by atoms with E-state index in [1.165, 1.54) is 6.42 Å². The van der Waals surface area contributed by atoms with Crippen molar-refractivity contribution in [2.45, 2.75) is 44.2 Å². The van der Waals surface area contributed by atoms with Gasteiger partial charge < -0.3 is 15.4 Å². The predicted molar refractivity (Wildman–Crippen MR) is 77.7 cm³/mol. The van der Waals surface area contributed by atoms with Gasteiger partial charge in [-0.2, -0.15) is 0 Å². The smallest absolute Gasteiger partial charge is 0.237 e. The molecule has 1 aromatic rings. The highest BCUT2D eigenvalue weighted by Crippen LogP contribution is 2.31. The van der Waals surface area contributed by atoms with Gasteiger partial charge in [0.1, 0.15) is 5.75 Å². The van der Waals surface area contributed by atoms with Crippen molar-refractivity contribution < 1.29 is 9.53 Å². The number of hydrogen-bond donors (Lipinski definition) is 2. The Labute approximate surface area is 119 Å². The molecule has 2 aliphatic rings. The average Bonchev–Trinajstić information content (AvgIpc) is 2.71. The van der Waals surface area contributed by atoms with Crippen LogP contribution < -0.4 is 15.4 Å². The third-order valence-electron chi connectivity index (χ3n) is 4.13. The number of piperidine rings is 1. The van der Waals surface area contributed by atoms with Gasteiger partial charge in [-0.1, -0.05) is 24.6 Å². The minimum atomic E-state index is -0.0277. The molecule has 2 unspecified atom stereocenters. The summed E-state index contributed by atoms with van der Waals surface area (Å²) in [5, 5.41) is 6.51. The Bertz CT molecular complexity index is 469. The Hall–Kier alpha value is -1.55. The molecule has 0 aromatic heterocycles. The summed E-state index contributed by atoms with van der Waals surface area (Å²) in [7, 11) is 0. The fourth-order valence-electron chi connectivity index (χ4n) is 3.02. The van der Waals surface area contributed by atoms with Gasteiger partial charge in [-0.25, -0.2) is 0 Å². The maximum Gasteiger partial charge on any atom is 0.237 e. The number of benzene rings is 1. The fourth-order valence-corrected chi connectivity index (χ4v) is 3.02. The van der Waals surface area contributed by atoms with Gasteiger partial charge in [0.05, 0.1) is 18.7 Å². The Balaban J connectivity index is 1.71. The zero-order valence-corrected chi connectivity index (χ0v) is 11.7. The van der Waals surface area contributed by atoms with Gasteiger partial charge in [0.25, 0.3) is 0 Å². The molecule has 1 fully saturated rings. The molecule has 2 heterocycles. The number of fused-ring (bicyclic) bond motifs is 1. The molecule has 1 aromatic carbocycles. The van der Waals surface area contributed by atoms with Crippen LogP contribution in [0.5, 0.6) is 5.75 Å². The number of carbonyl (C=O) groups is 1. The van der Waals surface area contributed by atoms with Crippen molar-refractivity contribution in [3.8, 4) is 5.75 Å². The lowest BCUT2D eigenvalue weighted by Gasteiger charge is -2.26. The average molecular weight is 274 g/mol. The summed E-state index contributed by atoms with van der Waals surface area (Å²) in [6, 6.07) is 8.07. The van der Waals surface area contributed by atoms with Crippen molar-refractivity contribution in [2.24, 2.45) is 0 Å². The Morgan fingerprint density at radius 2 is 2.10 bits per heavy atom. The van der Waals surface area contributed by atoms with Crippen LogP contribution in [0.25, 0.3) is 0 Å². The SMILES string of the molecule is O=C(NC1CCCOc2ccccc21)C1CCCCN1. The molecule has 1 amide bonds. The first-order chi connectivity index (χ1) is 9.84. The maximum absolute atomic E-state index is 12.4. The largest absolute Gasteiger partial charge is 0.493 e. The lowest BCUT2D eigenvalue weighted by atomic mass is 10.00. The molecule has 4 nitrogen and oxygen atoms in total. The van der Waals surface area contributed by atoms with Crippen molar-refractivity contribution >= 4 is 5.91 Å². The van der Waals surface area contributed by atoms with Crippen LogP contribution in [0.1, 0.15) is 43.7 Å². The molecule has 4 heteroatoms. The molecule has 0 radical (unpaired) electrons. The van der Waals surface area contributed by atoms with Gasteiger partial charge in [-0.3, -0.25) is 4.79 Å². The van der Waals surface area contributed by atoms with Crippen LogP contribution in [0, 0.1) is 0 Å². The zero-order valence-electron chi connectivity index (χ0n) is 11.7. The van der Waals surface area contributed by atoms with Gasteiger partial charge in [-0.15, -0.1) is 0 Å². The summed E-state index contributed by atoms with van der Waals surface area (Å²) >= 11 is 0. The Kier molecular flexibility index (Phi) is 4.21. The van der Waals surface area contributed by atoms with Crippen molar-refractivity contribution in [1.29, 1.82) is 0 Å². The van der Waals surface area contributed by atoms with E-state index in [1.54, 1.807) is 0 Å². The van der Waals surface area contributed by atoms with E-state index in [0.29, 0.717) is 0 Å². The molecule has 20 heavy (non-hydrogen) atoms. The summed E-state index contributed by atoms with van der Waals surface area (Å²) in [6.07, 6.45) is 5.16. The van der Waals surface area contributed by atoms with Crippen LogP contribution in [-0.4, -0.2) is 25.1 Å². The van der Waals surface area contributed by atoms with Gasteiger partial charge in [-0.05, 0) is 38.3 Å². The monoisotopic (exact) mass is 274 g/mol. The molecule has 1 saturated heterocycles. The lowest BCUT2D eigenvalue weighted by Crippen LogP contribution is -2.47. The van der Waals surface area contributed by atoms with E-state index in [2.05, 4.69) is 16.7 Å². The third kappa shape index (κ3) is 2.96. The fraction of sp³-hybridized carbons (Fsp3) is 0.562. The summed E-state index contributed by atoms with van der Waals surface area (Å²) < 4.78 is 5.74. The first-order valence-electron chi connectivity index (χ1n) is 7.60. The van der Waals surface area contributed by atoms with E-state index in [1.807, 2.05) is 18.2 Å². The van der Waals surface area contributed by atoms with Crippen LogP contribution in [0.15, 0.2) is 24.3 Å². The predicted octanol–water partition coefficient (Wildman–Crippen LogP) is 2.16. The normalized spacial score (nSPS) is 26.0. The molecule has 3 rings (SSSR count). The minimum Gasteiger partial charge on any atom is -0.493 e. The number of carbonyl (C=O) groups excluding carboxylic acids is 1. The highest BCUT2D eigenvalue weighted by Gasteiger charge is 2.26. The number of hydrogen-bond acceptors (Lipinski definition) is 3. The second-order valence-corrected chi connectivity index (χ2v) is 5.59. The molecule has 2 N–H and O–H groups in total. The molecular weight excluding hydrogens is 252 g/mol. The number of ether oxygens (including phenoxy) is 1. The highest BCUT2D eigenvalue weighted by molar-refractivity contribution is 5.82. The van der Waals surface area contributed by atoms with Crippen LogP contribution in [0.2, 0.25) is 0 Å². The van der Waals surface area contributed by atoms with Gasteiger partial charge >= 0.3 is 0 Å². The summed E-state index contributed by atoms with van der Waals surface area (Å²) in [5.41, 5.74) is 1.11. The highest BCUT2D eigenvalue weighted by atomic mass is 16.5. The number of rotatable bonds is 2. The Morgan fingerprint density at radius 3 is 2.95 bits per heavy atom. The summed E-state index contributed by atoms with van der Waals surface area (Å²) in [5.74, 6) is 1.04. The molecule has 0 aliphatic carbocycles. The zero-order chi connectivity index (χ0) is 13.8.